The Morgan fingerprint density at radius 2 is 1.62 bits per heavy atom. The lowest BCUT2D eigenvalue weighted by atomic mass is 9.70. The molecule has 34 heavy (non-hydrogen) atoms. The average molecular weight is 472 g/mol. The fourth-order valence-electron chi connectivity index (χ4n) is 4.49. The van der Waals surface area contributed by atoms with Crippen LogP contribution in [0.25, 0.3) is 5.76 Å². The van der Waals surface area contributed by atoms with Crippen LogP contribution < -0.4 is 23.7 Å². The summed E-state index contributed by atoms with van der Waals surface area (Å²) in [6.07, 6.45) is 0. The van der Waals surface area contributed by atoms with Crippen molar-refractivity contribution in [3.63, 3.8) is 0 Å². The number of aliphatic hydroxyl groups excluding tert-OH is 1. The first-order valence-electron chi connectivity index (χ1n) is 10.2. The van der Waals surface area contributed by atoms with Gasteiger partial charge in [0, 0.05) is 17.0 Å². The fraction of sp³-hybridized carbons (Fsp3) is 0.333. The number of fused-ring (bicyclic) bond motifs is 2. The number of aliphatic hydroxyl groups is 1. The lowest BCUT2D eigenvalue weighted by molar-refractivity contribution is -0.148. The van der Waals surface area contributed by atoms with Crippen LogP contribution in [-0.2, 0) is 19.1 Å². The largest absolute Gasteiger partial charge is 0.507 e. The predicted octanol–water partition coefficient (Wildman–Crippen LogP) is 2.82. The molecule has 1 N–H and O–H groups in total. The van der Waals surface area contributed by atoms with E-state index in [1.54, 1.807) is 18.2 Å². The molecule has 1 heterocycles. The van der Waals surface area contributed by atoms with E-state index in [0.29, 0.717) is 22.6 Å². The number of methoxy groups -OCH3 is 5. The monoisotopic (exact) mass is 472 g/mol. The summed E-state index contributed by atoms with van der Waals surface area (Å²) in [5.41, 5.74) is 0.955. The van der Waals surface area contributed by atoms with Gasteiger partial charge < -0.3 is 38.3 Å². The number of carbonyl (C=O) groups is 2. The summed E-state index contributed by atoms with van der Waals surface area (Å²) in [6, 6.07) is 6.67. The van der Waals surface area contributed by atoms with Crippen LogP contribution in [0.1, 0.15) is 22.6 Å². The van der Waals surface area contributed by atoms with Gasteiger partial charge in [0.05, 0.1) is 41.1 Å². The molecule has 0 saturated heterocycles. The molecule has 2 aromatic carbocycles. The third-order valence-electron chi connectivity index (χ3n) is 5.95. The van der Waals surface area contributed by atoms with Gasteiger partial charge in [0.2, 0.25) is 12.5 Å². The van der Waals surface area contributed by atoms with Crippen molar-refractivity contribution in [1.29, 1.82) is 0 Å². The summed E-state index contributed by atoms with van der Waals surface area (Å²) in [5, 5.41) is 11.2. The summed E-state index contributed by atoms with van der Waals surface area (Å²) in [7, 11) is 6.67. The van der Waals surface area contributed by atoms with E-state index in [-0.39, 0.29) is 35.2 Å². The van der Waals surface area contributed by atoms with Crippen molar-refractivity contribution in [2.24, 2.45) is 5.92 Å². The molecule has 10 nitrogen and oxygen atoms in total. The SMILES string of the molecule is COC(=O)C1=C(O)c2cc(OC)c(OC)c(OC)c2C(c2ccc3c(c2)OCO3)[C@@H]1C(=O)OC. The van der Waals surface area contributed by atoms with Crippen LogP contribution in [0.5, 0.6) is 28.7 Å². The lowest BCUT2D eigenvalue weighted by Gasteiger charge is -2.35. The smallest absolute Gasteiger partial charge is 0.338 e. The molecule has 0 aromatic heterocycles. The molecule has 2 aromatic rings. The molecule has 10 heteroatoms. The van der Waals surface area contributed by atoms with Crippen molar-refractivity contribution in [1.82, 2.24) is 0 Å². The third kappa shape index (κ3) is 3.42. The normalized spacial score (nSPS) is 18.1. The zero-order valence-electron chi connectivity index (χ0n) is 19.3. The molecule has 0 amide bonds. The second kappa shape index (κ2) is 9.05. The van der Waals surface area contributed by atoms with E-state index in [0.717, 1.165) is 7.11 Å². The molecule has 0 spiro atoms. The summed E-state index contributed by atoms with van der Waals surface area (Å²) in [6.45, 7) is 0.0584. The molecule has 180 valence electrons. The minimum atomic E-state index is -1.27. The Balaban J connectivity index is 2.12. The average Bonchev–Trinajstić information content (AvgIpc) is 3.34. The quantitative estimate of drug-likeness (QED) is 0.629. The predicted molar refractivity (Wildman–Crippen MR) is 118 cm³/mol. The van der Waals surface area contributed by atoms with Crippen LogP contribution in [0.15, 0.2) is 29.8 Å². The minimum absolute atomic E-state index is 0.0584. The maximum absolute atomic E-state index is 13.1. The van der Waals surface area contributed by atoms with E-state index in [1.807, 2.05) is 0 Å². The van der Waals surface area contributed by atoms with Gasteiger partial charge in [-0.3, -0.25) is 4.79 Å². The van der Waals surface area contributed by atoms with Crippen LogP contribution in [0.2, 0.25) is 0 Å². The van der Waals surface area contributed by atoms with Crippen LogP contribution in [0, 0.1) is 5.92 Å². The zero-order valence-corrected chi connectivity index (χ0v) is 19.3. The van der Waals surface area contributed by atoms with Gasteiger partial charge in [0.1, 0.15) is 11.7 Å². The van der Waals surface area contributed by atoms with Crippen LogP contribution in [-0.4, -0.2) is 59.4 Å². The zero-order chi connectivity index (χ0) is 24.6. The first-order valence-corrected chi connectivity index (χ1v) is 10.2. The van der Waals surface area contributed by atoms with Gasteiger partial charge in [-0.15, -0.1) is 0 Å². The van der Waals surface area contributed by atoms with Crippen molar-refractivity contribution in [2.45, 2.75) is 5.92 Å². The van der Waals surface area contributed by atoms with Gasteiger partial charge >= 0.3 is 11.9 Å². The lowest BCUT2D eigenvalue weighted by Crippen LogP contribution is -2.34. The van der Waals surface area contributed by atoms with E-state index in [9.17, 15) is 14.7 Å². The van der Waals surface area contributed by atoms with Gasteiger partial charge in [-0.1, -0.05) is 6.07 Å². The molecule has 4 rings (SSSR count). The number of ether oxygens (including phenoxy) is 7. The van der Waals surface area contributed by atoms with E-state index < -0.39 is 29.5 Å². The van der Waals surface area contributed by atoms with Crippen LogP contribution in [0.3, 0.4) is 0 Å². The molecule has 1 aliphatic carbocycles. The molecule has 2 atom stereocenters. The minimum Gasteiger partial charge on any atom is -0.507 e. The Kier molecular flexibility index (Phi) is 6.14. The van der Waals surface area contributed by atoms with E-state index in [2.05, 4.69) is 0 Å². The van der Waals surface area contributed by atoms with Crippen molar-refractivity contribution >= 4 is 17.7 Å². The van der Waals surface area contributed by atoms with E-state index in [1.165, 1.54) is 34.5 Å². The molecule has 0 radical (unpaired) electrons. The summed E-state index contributed by atoms with van der Waals surface area (Å²) >= 11 is 0. The standard InChI is InChI=1S/C24H24O10/c1-28-15-9-12-17(22(30-3)21(15)29-2)16(11-6-7-13-14(8-11)34-10-33-13)18(23(26)31-4)19(20(12)25)24(27)32-5/h6-9,16,18,25H,10H2,1-5H3/t16?,18-/m0/s1. The van der Waals surface area contributed by atoms with Gasteiger partial charge in [-0.25, -0.2) is 4.79 Å². The van der Waals surface area contributed by atoms with Crippen LogP contribution >= 0.6 is 0 Å². The number of hydrogen-bond acceptors (Lipinski definition) is 10. The second-order valence-corrected chi connectivity index (χ2v) is 7.45. The van der Waals surface area contributed by atoms with Gasteiger partial charge in [0.25, 0.3) is 0 Å². The number of benzene rings is 2. The Morgan fingerprint density at radius 1 is 0.912 bits per heavy atom. The fourth-order valence-corrected chi connectivity index (χ4v) is 4.49. The number of hydrogen-bond donors (Lipinski definition) is 1. The molecule has 0 bridgehead atoms. The Bertz CT molecular complexity index is 1180. The highest BCUT2D eigenvalue weighted by Crippen LogP contribution is 2.55. The molecule has 0 fully saturated rings. The third-order valence-corrected chi connectivity index (χ3v) is 5.95. The van der Waals surface area contributed by atoms with Crippen LogP contribution in [0.4, 0.5) is 0 Å². The molecule has 2 aliphatic rings. The number of rotatable bonds is 6. The molecular weight excluding hydrogens is 448 g/mol. The highest BCUT2D eigenvalue weighted by molar-refractivity contribution is 6.04. The maximum atomic E-state index is 13.1. The summed E-state index contributed by atoms with van der Waals surface area (Å²) < 4.78 is 37.6. The molecular formula is C24H24O10. The van der Waals surface area contributed by atoms with E-state index in [4.69, 9.17) is 33.2 Å². The maximum Gasteiger partial charge on any atom is 0.338 e. The van der Waals surface area contributed by atoms with Gasteiger partial charge in [-0.2, -0.15) is 0 Å². The molecule has 1 unspecified atom stereocenters. The highest BCUT2D eigenvalue weighted by atomic mass is 16.7. The first-order chi connectivity index (χ1) is 16.4. The number of esters is 2. The molecule has 0 saturated carbocycles. The van der Waals surface area contributed by atoms with Gasteiger partial charge in [-0.05, 0) is 23.8 Å². The number of carbonyl (C=O) groups excluding carboxylic acids is 2. The summed E-state index contributed by atoms with van der Waals surface area (Å²) in [4.78, 5) is 26.0. The first kappa shape index (κ1) is 23.1. The highest BCUT2D eigenvalue weighted by Gasteiger charge is 2.48. The van der Waals surface area contributed by atoms with E-state index >= 15 is 0 Å². The Labute approximate surface area is 195 Å². The van der Waals surface area contributed by atoms with Crippen molar-refractivity contribution in [2.75, 3.05) is 42.3 Å². The van der Waals surface area contributed by atoms with Crippen molar-refractivity contribution in [3.8, 4) is 28.7 Å². The Morgan fingerprint density at radius 3 is 2.24 bits per heavy atom. The summed E-state index contributed by atoms with van der Waals surface area (Å²) in [5.74, 6) is -2.44. The molecule has 1 aliphatic heterocycles. The van der Waals surface area contributed by atoms with Crippen molar-refractivity contribution < 1.29 is 47.9 Å². The topological polar surface area (TPSA) is 119 Å². The second-order valence-electron chi connectivity index (χ2n) is 7.45. The van der Waals surface area contributed by atoms with Crippen molar-refractivity contribution in [3.05, 3.63) is 46.5 Å². The van der Waals surface area contributed by atoms with Gasteiger partial charge in [0.15, 0.2) is 23.0 Å². The Hall–Kier alpha value is -4.08.